The first-order valence-electron chi connectivity index (χ1n) is 6.72. The zero-order valence-corrected chi connectivity index (χ0v) is 12.4. The average molecular weight is 293 g/mol. The second-order valence-electron chi connectivity index (χ2n) is 4.84. The van der Waals surface area contributed by atoms with Gasteiger partial charge in [-0.05, 0) is 42.7 Å². The average Bonchev–Trinajstić information content (AvgIpc) is 2.45. The Morgan fingerprint density at radius 3 is 2.50 bits per heavy atom. The third kappa shape index (κ3) is 3.78. The molecule has 1 aromatic heterocycles. The maximum atomic E-state index is 13.2. The van der Waals surface area contributed by atoms with Gasteiger partial charge in [0, 0.05) is 23.3 Å². The summed E-state index contributed by atoms with van der Waals surface area (Å²) in [5.41, 5.74) is 2.02. The van der Waals surface area contributed by atoms with E-state index >= 15 is 0 Å². The molecule has 0 spiro atoms. The minimum atomic E-state index is -0.310. The van der Waals surface area contributed by atoms with Crippen LogP contribution in [-0.2, 0) is 0 Å². The molecule has 1 heterocycles. The van der Waals surface area contributed by atoms with Crippen molar-refractivity contribution in [2.24, 2.45) is 0 Å². The number of hydrogen-bond donors (Lipinski definition) is 1. The summed E-state index contributed by atoms with van der Waals surface area (Å²) in [5, 5.41) is 4.22. The predicted octanol–water partition coefficient (Wildman–Crippen LogP) is 4.68. The van der Waals surface area contributed by atoms with Gasteiger partial charge < -0.3 is 5.32 Å². The van der Waals surface area contributed by atoms with E-state index in [1.807, 2.05) is 31.2 Å². The van der Waals surface area contributed by atoms with E-state index in [0.29, 0.717) is 0 Å². The van der Waals surface area contributed by atoms with Crippen molar-refractivity contribution in [3.8, 4) is 0 Å². The van der Waals surface area contributed by atoms with Crippen molar-refractivity contribution in [3.05, 3.63) is 64.7 Å². The quantitative estimate of drug-likeness (QED) is 0.866. The molecule has 0 fully saturated rings. The minimum absolute atomic E-state index is 0.0267. The number of rotatable bonds is 5. The third-order valence-corrected chi connectivity index (χ3v) is 3.61. The molecule has 0 saturated heterocycles. The first-order valence-corrected chi connectivity index (χ1v) is 7.10. The summed E-state index contributed by atoms with van der Waals surface area (Å²) in [4.78, 5) is 3.89. The van der Waals surface area contributed by atoms with E-state index in [1.54, 1.807) is 6.20 Å². The largest absolute Gasteiger partial charge is 0.303 e. The van der Waals surface area contributed by atoms with Gasteiger partial charge in [0.05, 0.1) is 6.20 Å². The van der Waals surface area contributed by atoms with Gasteiger partial charge in [0.15, 0.2) is 0 Å². The number of nitrogens with zero attached hydrogens (tertiary/aromatic N) is 1. The molecule has 0 aliphatic rings. The third-order valence-electron chi connectivity index (χ3n) is 3.36. The number of nitrogens with one attached hydrogen (secondary N) is 1. The van der Waals surface area contributed by atoms with Crippen LogP contribution >= 0.6 is 11.6 Å². The maximum absolute atomic E-state index is 13.2. The zero-order valence-electron chi connectivity index (χ0n) is 11.6. The molecule has 0 bridgehead atoms. The van der Waals surface area contributed by atoms with Gasteiger partial charge in [0.25, 0.3) is 0 Å². The highest BCUT2D eigenvalue weighted by Gasteiger charge is 2.14. The summed E-state index contributed by atoms with van der Waals surface area (Å²) in [6.45, 7) is 4.12. The fourth-order valence-corrected chi connectivity index (χ4v) is 2.33. The van der Waals surface area contributed by atoms with E-state index in [2.05, 4.69) is 17.2 Å². The standard InChI is InChI=1S/C16H18ClFN2/c1-3-16(12-4-6-14(17)7-5-12)20-11(2)13-8-15(18)10-19-9-13/h4-11,16,20H,3H2,1-2H3. The molecule has 1 aromatic carbocycles. The molecule has 0 aliphatic heterocycles. The van der Waals surface area contributed by atoms with E-state index in [4.69, 9.17) is 11.6 Å². The van der Waals surface area contributed by atoms with Gasteiger partial charge in [0.1, 0.15) is 5.82 Å². The molecule has 2 aromatic rings. The van der Waals surface area contributed by atoms with E-state index in [0.717, 1.165) is 17.0 Å². The van der Waals surface area contributed by atoms with Gasteiger partial charge in [-0.15, -0.1) is 0 Å². The lowest BCUT2D eigenvalue weighted by Crippen LogP contribution is -2.24. The van der Waals surface area contributed by atoms with Crippen molar-refractivity contribution >= 4 is 11.6 Å². The van der Waals surface area contributed by atoms with Crippen molar-refractivity contribution in [1.82, 2.24) is 10.3 Å². The Bertz CT molecular complexity index is 557. The topological polar surface area (TPSA) is 24.9 Å². The summed E-state index contributed by atoms with van der Waals surface area (Å²) in [6.07, 6.45) is 3.84. The fourth-order valence-electron chi connectivity index (χ4n) is 2.21. The summed E-state index contributed by atoms with van der Waals surface area (Å²) in [7, 11) is 0. The lowest BCUT2D eigenvalue weighted by atomic mass is 10.0. The summed E-state index contributed by atoms with van der Waals surface area (Å²) >= 11 is 5.91. The normalized spacial score (nSPS) is 14.0. The maximum Gasteiger partial charge on any atom is 0.141 e. The lowest BCUT2D eigenvalue weighted by molar-refractivity contribution is 0.454. The van der Waals surface area contributed by atoms with Gasteiger partial charge >= 0.3 is 0 Å². The molecule has 0 aliphatic carbocycles. The highest BCUT2D eigenvalue weighted by Crippen LogP contribution is 2.23. The van der Waals surface area contributed by atoms with E-state index < -0.39 is 0 Å². The second kappa shape index (κ2) is 6.82. The van der Waals surface area contributed by atoms with Crippen LogP contribution in [0.15, 0.2) is 42.7 Å². The molecule has 0 saturated carbocycles. The van der Waals surface area contributed by atoms with Gasteiger partial charge in [0.2, 0.25) is 0 Å². The zero-order chi connectivity index (χ0) is 14.5. The molecular weight excluding hydrogens is 275 g/mol. The van der Waals surface area contributed by atoms with Crippen molar-refractivity contribution in [1.29, 1.82) is 0 Å². The van der Waals surface area contributed by atoms with Crippen LogP contribution in [0.3, 0.4) is 0 Å². The van der Waals surface area contributed by atoms with E-state index in [1.165, 1.54) is 17.8 Å². The molecule has 0 radical (unpaired) electrons. The van der Waals surface area contributed by atoms with Crippen molar-refractivity contribution in [3.63, 3.8) is 0 Å². The Hall–Kier alpha value is -1.45. The van der Waals surface area contributed by atoms with Crippen LogP contribution in [0, 0.1) is 5.82 Å². The fraction of sp³-hybridized carbons (Fsp3) is 0.312. The monoisotopic (exact) mass is 292 g/mol. The first-order chi connectivity index (χ1) is 9.60. The summed E-state index contributed by atoms with van der Waals surface area (Å²) in [6, 6.07) is 9.54. The van der Waals surface area contributed by atoms with Crippen LogP contribution in [0.5, 0.6) is 0 Å². The molecular formula is C16H18ClFN2. The van der Waals surface area contributed by atoms with Crippen LogP contribution in [0.1, 0.15) is 43.5 Å². The lowest BCUT2D eigenvalue weighted by Gasteiger charge is -2.23. The predicted molar refractivity (Wildman–Crippen MR) is 80.2 cm³/mol. The highest BCUT2D eigenvalue weighted by atomic mass is 35.5. The number of halogens is 2. The minimum Gasteiger partial charge on any atom is -0.303 e. The molecule has 2 atom stereocenters. The summed E-state index contributed by atoms with van der Waals surface area (Å²) < 4.78 is 13.2. The van der Waals surface area contributed by atoms with Crippen LogP contribution in [0.2, 0.25) is 5.02 Å². The smallest absolute Gasteiger partial charge is 0.141 e. The molecule has 2 rings (SSSR count). The van der Waals surface area contributed by atoms with Gasteiger partial charge in [-0.2, -0.15) is 0 Å². The molecule has 106 valence electrons. The molecule has 20 heavy (non-hydrogen) atoms. The van der Waals surface area contributed by atoms with Crippen LogP contribution in [-0.4, -0.2) is 4.98 Å². The number of benzene rings is 1. The Kier molecular flexibility index (Phi) is 5.10. The molecule has 2 nitrogen and oxygen atoms in total. The Balaban J connectivity index is 2.11. The van der Waals surface area contributed by atoms with Crippen LogP contribution in [0.4, 0.5) is 4.39 Å². The van der Waals surface area contributed by atoms with E-state index in [9.17, 15) is 4.39 Å². The van der Waals surface area contributed by atoms with Crippen molar-refractivity contribution in [2.45, 2.75) is 32.4 Å². The van der Waals surface area contributed by atoms with Gasteiger partial charge in [-0.1, -0.05) is 30.7 Å². The Morgan fingerprint density at radius 2 is 1.90 bits per heavy atom. The number of hydrogen-bond acceptors (Lipinski definition) is 2. The van der Waals surface area contributed by atoms with Gasteiger partial charge in [-0.25, -0.2) is 4.39 Å². The molecule has 4 heteroatoms. The van der Waals surface area contributed by atoms with E-state index in [-0.39, 0.29) is 17.9 Å². The van der Waals surface area contributed by atoms with Crippen molar-refractivity contribution < 1.29 is 4.39 Å². The SMILES string of the molecule is CCC(NC(C)c1cncc(F)c1)c1ccc(Cl)cc1. The Morgan fingerprint density at radius 1 is 1.20 bits per heavy atom. The van der Waals surface area contributed by atoms with Crippen molar-refractivity contribution in [2.75, 3.05) is 0 Å². The molecule has 1 N–H and O–H groups in total. The second-order valence-corrected chi connectivity index (χ2v) is 5.27. The number of pyridine rings is 1. The Labute approximate surface area is 124 Å². The van der Waals surface area contributed by atoms with Crippen LogP contribution < -0.4 is 5.32 Å². The molecule has 2 unspecified atom stereocenters. The van der Waals surface area contributed by atoms with Gasteiger partial charge in [-0.3, -0.25) is 4.98 Å². The number of aromatic nitrogens is 1. The first kappa shape index (κ1) is 14.9. The molecule has 0 amide bonds. The summed E-state index contributed by atoms with van der Waals surface area (Å²) in [5.74, 6) is -0.310. The highest BCUT2D eigenvalue weighted by molar-refractivity contribution is 6.30. The van der Waals surface area contributed by atoms with Crippen LogP contribution in [0.25, 0.3) is 0 Å².